The van der Waals surface area contributed by atoms with Crippen molar-refractivity contribution in [2.45, 2.75) is 26.4 Å². The van der Waals surface area contributed by atoms with Gasteiger partial charge < -0.3 is 14.5 Å². The average Bonchev–Trinajstić information content (AvgIpc) is 2.53. The summed E-state index contributed by atoms with van der Waals surface area (Å²) in [5.74, 6) is 0. The van der Waals surface area contributed by atoms with Crippen molar-refractivity contribution in [3.8, 4) is 0 Å². The van der Waals surface area contributed by atoms with Gasteiger partial charge in [0.1, 0.15) is 0 Å². The molecule has 1 aliphatic heterocycles. The van der Waals surface area contributed by atoms with Crippen LogP contribution in [0.4, 0.5) is 18.0 Å². The Labute approximate surface area is 106 Å². The maximum atomic E-state index is 11.8. The smallest absolute Gasteiger partial charge is 0.422 e. The summed E-state index contributed by atoms with van der Waals surface area (Å²) in [6, 6.07) is 0. The van der Waals surface area contributed by atoms with Gasteiger partial charge in [0.25, 0.3) is 0 Å². The summed E-state index contributed by atoms with van der Waals surface area (Å²) in [7, 11) is 1.91. The first-order valence-corrected chi connectivity index (χ1v) is 6.05. The molecule has 4 nitrogen and oxygen atoms in total. The summed E-state index contributed by atoms with van der Waals surface area (Å²) in [5, 5.41) is 0. The van der Waals surface area contributed by atoms with Crippen LogP contribution in [0.1, 0.15) is 20.3 Å². The molecule has 18 heavy (non-hydrogen) atoms. The number of carbonyl (C=O) groups excluding carboxylic acids is 1. The molecule has 0 unspecified atom stereocenters. The molecule has 0 N–H and O–H groups in total. The molecule has 0 aromatic rings. The maximum Gasteiger partial charge on any atom is 0.422 e. The number of halogens is 3. The summed E-state index contributed by atoms with van der Waals surface area (Å²) in [6.45, 7) is 4.83. The van der Waals surface area contributed by atoms with E-state index in [1.165, 1.54) is 4.90 Å². The first kappa shape index (κ1) is 17.0. The molecule has 7 heteroatoms. The van der Waals surface area contributed by atoms with Crippen LogP contribution in [-0.2, 0) is 4.74 Å². The van der Waals surface area contributed by atoms with E-state index in [0.29, 0.717) is 19.6 Å². The summed E-state index contributed by atoms with van der Waals surface area (Å²) in [5.41, 5.74) is 0. The van der Waals surface area contributed by atoms with Crippen molar-refractivity contribution in [1.29, 1.82) is 0 Å². The number of carbonyl (C=O) groups is 1. The highest BCUT2D eigenvalue weighted by Gasteiger charge is 2.31. The third-order valence-corrected chi connectivity index (χ3v) is 2.34. The molecule has 1 fully saturated rings. The van der Waals surface area contributed by atoms with Crippen molar-refractivity contribution in [2.24, 2.45) is 0 Å². The molecule has 0 radical (unpaired) electrons. The number of hydrogen-bond donors (Lipinski definition) is 0. The van der Waals surface area contributed by atoms with Gasteiger partial charge in [0.05, 0.1) is 0 Å². The lowest BCUT2D eigenvalue weighted by Crippen LogP contribution is -2.36. The summed E-state index contributed by atoms with van der Waals surface area (Å²) in [4.78, 5) is 14.6. The molecular formula is C11H21F3N2O2. The van der Waals surface area contributed by atoms with Crippen LogP contribution < -0.4 is 0 Å². The Kier molecular flexibility index (Phi) is 7.73. The molecule has 0 aliphatic carbocycles. The summed E-state index contributed by atoms with van der Waals surface area (Å²) < 4.78 is 39.6. The van der Waals surface area contributed by atoms with Crippen molar-refractivity contribution in [3.63, 3.8) is 0 Å². The molecular weight excluding hydrogens is 249 g/mol. The number of hydrogen-bond acceptors (Lipinski definition) is 3. The molecule has 1 saturated heterocycles. The highest BCUT2D eigenvalue weighted by molar-refractivity contribution is 5.67. The summed E-state index contributed by atoms with van der Waals surface area (Å²) in [6.07, 6.45) is -4.59. The fraction of sp³-hybridized carbons (Fsp3) is 0.909. The Balaban J connectivity index is 0.00000137. The third kappa shape index (κ3) is 7.37. The van der Waals surface area contributed by atoms with E-state index in [4.69, 9.17) is 0 Å². The average molecular weight is 270 g/mol. The minimum absolute atomic E-state index is 0.410. The van der Waals surface area contributed by atoms with Gasteiger partial charge in [-0.3, -0.25) is 0 Å². The van der Waals surface area contributed by atoms with Crippen LogP contribution in [0.15, 0.2) is 0 Å². The Morgan fingerprint density at radius 2 is 1.78 bits per heavy atom. The molecule has 0 saturated carbocycles. The zero-order chi connectivity index (χ0) is 14.2. The largest absolute Gasteiger partial charge is 0.440 e. The Hall–Kier alpha value is -0.980. The first-order chi connectivity index (χ1) is 8.38. The first-order valence-electron chi connectivity index (χ1n) is 6.05. The molecule has 1 heterocycles. The Morgan fingerprint density at radius 3 is 2.33 bits per heavy atom. The Bertz CT molecular complexity index is 247. The van der Waals surface area contributed by atoms with Crippen molar-refractivity contribution in [3.05, 3.63) is 0 Å². The van der Waals surface area contributed by atoms with E-state index >= 15 is 0 Å². The summed E-state index contributed by atoms with van der Waals surface area (Å²) >= 11 is 0. The minimum Gasteiger partial charge on any atom is -0.440 e. The lowest BCUT2D eigenvalue weighted by molar-refractivity contribution is -0.162. The van der Waals surface area contributed by atoms with Crippen LogP contribution >= 0.6 is 0 Å². The van der Waals surface area contributed by atoms with E-state index in [9.17, 15) is 18.0 Å². The van der Waals surface area contributed by atoms with Gasteiger partial charge in [-0.25, -0.2) is 4.79 Å². The molecule has 1 rings (SSSR count). The van der Waals surface area contributed by atoms with Gasteiger partial charge in [0.2, 0.25) is 0 Å². The van der Waals surface area contributed by atoms with Crippen molar-refractivity contribution < 1.29 is 22.7 Å². The highest BCUT2D eigenvalue weighted by Crippen LogP contribution is 2.15. The molecule has 0 spiro atoms. The van der Waals surface area contributed by atoms with E-state index in [1.54, 1.807) is 0 Å². The number of likely N-dealkylation sites (N-methyl/N-ethyl adjacent to an activating group) is 1. The number of nitrogens with zero attached hydrogens (tertiary/aromatic N) is 2. The van der Waals surface area contributed by atoms with Gasteiger partial charge in [-0.1, -0.05) is 13.8 Å². The predicted molar refractivity (Wildman–Crippen MR) is 62.4 cm³/mol. The molecule has 0 aromatic heterocycles. The van der Waals surface area contributed by atoms with E-state index < -0.39 is 18.9 Å². The molecule has 108 valence electrons. The molecule has 1 aliphatic rings. The van der Waals surface area contributed by atoms with E-state index in [-0.39, 0.29) is 0 Å². The van der Waals surface area contributed by atoms with Gasteiger partial charge in [0.15, 0.2) is 6.61 Å². The third-order valence-electron chi connectivity index (χ3n) is 2.34. The fourth-order valence-corrected chi connectivity index (χ4v) is 1.46. The van der Waals surface area contributed by atoms with Crippen LogP contribution in [-0.4, -0.2) is 61.9 Å². The minimum atomic E-state index is -4.46. The highest BCUT2D eigenvalue weighted by atomic mass is 19.4. The molecule has 0 aromatic carbocycles. The van der Waals surface area contributed by atoms with Gasteiger partial charge in [-0.2, -0.15) is 13.2 Å². The zero-order valence-electron chi connectivity index (χ0n) is 11.1. The number of amides is 1. The van der Waals surface area contributed by atoms with Crippen LogP contribution in [0.3, 0.4) is 0 Å². The fourth-order valence-electron chi connectivity index (χ4n) is 1.46. The van der Waals surface area contributed by atoms with Crippen molar-refractivity contribution in [2.75, 3.05) is 39.8 Å². The second-order valence-corrected chi connectivity index (χ2v) is 3.81. The second-order valence-electron chi connectivity index (χ2n) is 3.81. The van der Waals surface area contributed by atoms with Gasteiger partial charge >= 0.3 is 12.3 Å². The predicted octanol–water partition coefficient (Wildman–Crippen LogP) is 2.35. The lowest BCUT2D eigenvalue weighted by atomic mass is 10.4. The maximum absolute atomic E-state index is 11.8. The molecule has 1 amide bonds. The monoisotopic (exact) mass is 270 g/mol. The number of rotatable bonds is 1. The standard InChI is InChI=1S/C9H15F3N2O2.C2H6/c1-13-3-2-4-14(6-5-13)8(15)16-7-9(10,11)12;1-2/h2-7H2,1H3;1-2H3. The van der Waals surface area contributed by atoms with E-state index in [0.717, 1.165) is 13.0 Å². The van der Waals surface area contributed by atoms with Gasteiger partial charge in [-0.15, -0.1) is 0 Å². The van der Waals surface area contributed by atoms with Gasteiger partial charge in [-0.05, 0) is 20.0 Å². The zero-order valence-corrected chi connectivity index (χ0v) is 11.1. The number of ether oxygens (including phenoxy) is 1. The number of alkyl halides is 3. The van der Waals surface area contributed by atoms with Crippen LogP contribution in [0.5, 0.6) is 0 Å². The lowest BCUT2D eigenvalue weighted by Gasteiger charge is -2.20. The quantitative estimate of drug-likeness (QED) is 0.733. The topological polar surface area (TPSA) is 32.8 Å². The SMILES string of the molecule is CC.CN1CCCN(C(=O)OCC(F)(F)F)CC1. The van der Waals surface area contributed by atoms with Crippen LogP contribution in [0.2, 0.25) is 0 Å². The van der Waals surface area contributed by atoms with Crippen LogP contribution in [0.25, 0.3) is 0 Å². The molecule has 0 bridgehead atoms. The normalized spacial score (nSPS) is 17.6. The van der Waals surface area contributed by atoms with E-state index in [2.05, 4.69) is 4.74 Å². The van der Waals surface area contributed by atoms with E-state index in [1.807, 2.05) is 25.8 Å². The second kappa shape index (κ2) is 8.18. The molecule has 0 atom stereocenters. The van der Waals surface area contributed by atoms with Crippen molar-refractivity contribution in [1.82, 2.24) is 9.80 Å². The van der Waals surface area contributed by atoms with Gasteiger partial charge in [0, 0.05) is 19.6 Å². The van der Waals surface area contributed by atoms with Crippen molar-refractivity contribution >= 4 is 6.09 Å². The Morgan fingerprint density at radius 1 is 1.17 bits per heavy atom. The van der Waals surface area contributed by atoms with Crippen LogP contribution in [0, 0.1) is 0 Å².